The number of Topliss-reactive ketones (excluding diaryl/α,β-unsaturated/α-hetero) is 2. The Morgan fingerprint density at radius 2 is 2.00 bits per heavy atom. The molecule has 0 saturated carbocycles. The molecule has 1 N–H and O–H groups in total. The highest BCUT2D eigenvalue weighted by molar-refractivity contribution is 6.52. The fraction of sp³-hybridized carbons (Fsp3) is 0.286. The first-order valence-electron chi connectivity index (χ1n) is 5.72. The maximum atomic E-state index is 12.0. The number of aliphatic hydroxyl groups is 1. The molecule has 0 bridgehead atoms. The SMILES string of the molecule is CC1=C2OCC(C)(O)c3cccc(c32)C(=O)C1=O. The smallest absolute Gasteiger partial charge is 0.234 e. The molecule has 1 aliphatic carbocycles. The van der Waals surface area contributed by atoms with E-state index in [9.17, 15) is 14.7 Å². The number of allylic oxidation sites excluding steroid dienone is 1. The van der Waals surface area contributed by atoms with Gasteiger partial charge in [0.2, 0.25) is 11.6 Å². The third-order valence-corrected chi connectivity index (χ3v) is 3.50. The van der Waals surface area contributed by atoms with Crippen molar-refractivity contribution < 1.29 is 19.4 Å². The molecule has 0 amide bonds. The number of benzene rings is 1. The molecule has 1 heterocycles. The lowest BCUT2D eigenvalue weighted by molar-refractivity contribution is -0.112. The molecule has 2 aliphatic rings. The first-order chi connectivity index (χ1) is 8.43. The monoisotopic (exact) mass is 244 g/mol. The topological polar surface area (TPSA) is 63.6 Å². The Labute approximate surface area is 104 Å². The van der Waals surface area contributed by atoms with E-state index in [4.69, 9.17) is 4.74 Å². The van der Waals surface area contributed by atoms with Crippen molar-refractivity contribution in [1.29, 1.82) is 0 Å². The van der Waals surface area contributed by atoms with E-state index >= 15 is 0 Å². The van der Waals surface area contributed by atoms with Crippen molar-refractivity contribution in [3.05, 3.63) is 40.5 Å². The molecule has 0 fully saturated rings. The van der Waals surface area contributed by atoms with E-state index in [1.54, 1.807) is 32.0 Å². The van der Waals surface area contributed by atoms with E-state index in [0.29, 0.717) is 28.0 Å². The van der Waals surface area contributed by atoms with Gasteiger partial charge in [-0.05, 0) is 19.4 Å². The summed E-state index contributed by atoms with van der Waals surface area (Å²) < 4.78 is 5.49. The zero-order valence-corrected chi connectivity index (χ0v) is 10.1. The van der Waals surface area contributed by atoms with Crippen LogP contribution in [0.3, 0.4) is 0 Å². The predicted molar refractivity (Wildman–Crippen MR) is 63.9 cm³/mol. The number of hydrogen-bond acceptors (Lipinski definition) is 4. The van der Waals surface area contributed by atoms with Crippen LogP contribution >= 0.6 is 0 Å². The summed E-state index contributed by atoms with van der Waals surface area (Å²) in [5, 5.41) is 10.3. The van der Waals surface area contributed by atoms with Crippen LogP contribution in [0.15, 0.2) is 23.8 Å². The lowest BCUT2D eigenvalue weighted by atomic mass is 9.80. The molecule has 1 aromatic rings. The number of ether oxygens (including phenoxy) is 1. The lowest BCUT2D eigenvalue weighted by Gasteiger charge is -2.35. The van der Waals surface area contributed by atoms with Crippen molar-refractivity contribution in [3.63, 3.8) is 0 Å². The van der Waals surface area contributed by atoms with Gasteiger partial charge in [0.1, 0.15) is 18.0 Å². The van der Waals surface area contributed by atoms with Gasteiger partial charge in [-0.3, -0.25) is 9.59 Å². The van der Waals surface area contributed by atoms with Crippen molar-refractivity contribution >= 4 is 17.3 Å². The first-order valence-corrected chi connectivity index (χ1v) is 5.72. The Morgan fingerprint density at radius 3 is 2.72 bits per heavy atom. The second-order valence-electron chi connectivity index (χ2n) is 4.90. The van der Waals surface area contributed by atoms with Crippen LogP contribution in [0, 0.1) is 0 Å². The summed E-state index contributed by atoms with van der Waals surface area (Å²) in [5.74, 6) is -0.637. The van der Waals surface area contributed by atoms with Crippen LogP contribution in [0.5, 0.6) is 0 Å². The Morgan fingerprint density at radius 1 is 1.28 bits per heavy atom. The number of hydrogen-bond donors (Lipinski definition) is 1. The van der Waals surface area contributed by atoms with E-state index < -0.39 is 17.2 Å². The van der Waals surface area contributed by atoms with Gasteiger partial charge in [-0.2, -0.15) is 0 Å². The van der Waals surface area contributed by atoms with Gasteiger partial charge < -0.3 is 9.84 Å². The summed E-state index contributed by atoms with van der Waals surface area (Å²) in [7, 11) is 0. The van der Waals surface area contributed by atoms with Crippen LogP contribution in [-0.4, -0.2) is 23.3 Å². The highest BCUT2D eigenvalue weighted by Gasteiger charge is 2.41. The minimum Gasteiger partial charge on any atom is -0.489 e. The van der Waals surface area contributed by atoms with Crippen molar-refractivity contribution in [2.45, 2.75) is 19.4 Å². The molecule has 4 heteroatoms. The van der Waals surface area contributed by atoms with Gasteiger partial charge in [-0.15, -0.1) is 0 Å². The van der Waals surface area contributed by atoms with Gasteiger partial charge in [-0.1, -0.05) is 18.2 Å². The van der Waals surface area contributed by atoms with Crippen molar-refractivity contribution in [2.75, 3.05) is 6.61 Å². The van der Waals surface area contributed by atoms with E-state index in [-0.39, 0.29) is 6.61 Å². The molecule has 1 aromatic carbocycles. The minimum atomic E-state index is -1.14. The normalized spacial score (nSPS) is 25.9. The third kappa shape index (κ3) is 1.24. The summed E-state index contributed by atoms with van der Waals surface area (Å²) in [6.45, 7) is 3.29. The molecular weight excluding hydrogens is 232 g/mol. The summed E-state index contributed by atoms with van der Waals surface area (Å²) in [6.07, 6.45) is 0. The molecule has 0 aromatic heterocycles. The van der Waals surface area contributed by atoms with Gasteiger partial charge in [-0.25, -0.2) is 0 Å². The molecule has 0 radical (unpaired) electrons. The maximum Gasteiger partial charge on any atom is 0.234 e. The van der Waals surface area contributed by atoms with Crippen molar-refractivity contribution in [1.82, 2.24) is 0 Å². The van der Waals surface area contributed by atoms with Gasteiger partial charge >= 0.3 is 0 Å². The quantitative estimate of drug-likeness (QED) is 0.701. The molecule has 1 atom stereocenters. The third-order valence-electron chi connectivity index (χ3n) is 3.50. The average Bonchev–Trinajstić information content (AvgIpc) is 2.34. The zero-order valence-electron chi connectivity index (χ0n) is 10.1. The second-order valence-corrected chi connectivity index (χ2v) is 4.90. The largest absolute Gasteiger partial charge is 0.489 e. The Balaban J connectivity index is 2.41. The number of rotatable bonds is 0. The van der Waals surface area contributed by atoms with Crippen molar-refractivity contribution in [2.24, 2.45) is 0 Å². The summed E-state index contributed by atoms with van der Waals surface area (Å²) in [4.78, 5) is 23.8. The van der Waals surface area contributed by atoms with Crippen molar-refractivity contribution in [3.8, 4) is 0 Å². The van der Waals surface area contributed by atoms with Crippen LogP contribution in [-0.2, 0) is 15.1 Å². The fourth-order valence-electron chi connectivity index (χ4n) is 2.49. The standard InChI is InChI=1S/C14H12O4/c1-7-11(15)12(16)8-4-3-5-9-10(8)13(7)18-6-14(9,2)17/h3-5,17H,6H2,1-2H3. The number of ketones is 2. The van der Waals surface area contributed by atoms with E-state index in [1.165, 1.54) is 0 Å². The summed E-state index contributed by atoms with van der Waals surface area (Å²) in [6, 6.07) is 5.03. The van der Waals surface area contributed by atoms with Gasteiger partial charge in [0, 0.05) is 16.7 Å². The predicted octanol–water partition coefficient (Wildman–Crippen LogP) is 1.42. The Hall–Kier alpha value is -1.94. The molecule has 0 saturated heterocycles. The second kappa shape index (κ2) is 3.29. The van der Waals surface area contributed by atoms with E-state index in [2.05, 4.69) is 0 Å². The molecule has 3 rings (SSSR count). The minimum absolute atomic E-state index is 0.0809. The van der Waals surface area contributed by atoms with Crippen LogP contribution in [0.2, 0.25) is 0 Å². The van der Waals surface area contributed by atoms with Gasteiger partial charge in [0.15, 0.2) is 0 Å². The van der Waals surface area contributed by atoms with E-state index in [1.807, 2.05) is 0 Å². The van der Waals surface area contributed by atoms with Crippen LogP contribution in [0.4, 0.5) is 0 Å². The summed E-state index contributed by atoms with van der Waals surface area (Å²) in [5.41, 5.74) is 0.696. The molecule has 1 unspecified atom stereocenters. The highest BCUT2D eigenvalue weighted by Crippen LogP contribution is 2.41. The number of carbonyl (C=O) groups excluding carboxylic acids is 2. The molecule has 1 aliphatic heterocycles. The van der Waals surface area contributed by atoms with Gasteiger partial charge in [0.05, 0.1) is 0 Å². The molecule has 18 heavy (non-hydrogen) atoms. The first kappa shape index (κ1) is 11.2. The molecule has 92 valence electrons. The molecular formula is C14H12O4. The Bertz CT molecular complexity index is 623. The highest BCUT2D eigenvalue weighted by atomic mass is 16.5. The van der Waals surface area contributed by atoms with Gasteiger partial charge in [0.25, 0.3) is 0 Å². The van der Waals surface area contributed by atoms with Crippen LogP contribution in [0.1, 0.15) is 35.3 Å². The maximum absolute atomic E-state index is 12.0. The number of carbonyl (C=O) groups is 2. The molecule has 0 spiro atoms. The lowest BCUT2D eigenvalue weighted by Crippen LogP contribution is -2.37. The average molecular weight is 244 g/mol. The van der Waals surface area contributed by atoms with Crippen LogP contribution < -0.4 is 0 Å². The summed E-state index contributed by atoms with van der Waals surface area (Å²) >= 11 is 0. The Kier molecular flexibility index (Phi) is 2.04. The van der Waals surface area contributed by atoms with Crippen LogP contribution in [0.25, 0.3) is 5.76 Å². The zero-order chi connectivity index (χ0) is 13.1. The molecule has 4 nitrogen and oxygen atoms in total. The fourth-order valence-corrected chi connectivity index (χ4v) is 2.49. The van der Waals surface area contributed by atoms with E-state index in [0.717, 1.165) is 0 Å².